The molecule has 4 rings (SSSR count). The van der Waals surface area contributed by atoms with Gasteiger partial charge in [-0.15, -0.1) is 0 Å². The Balaban J connectivity index is 1.35. The number of nitrogens with zero attached hydrogens (tertiary/aromatic N) is 4. The molecule has 4 N–H and O–H groups in total. The van der Waals surface area contributed by atoms with Crippen LogP contribution in [0.15, 0.2) is 42.7 Å². The summed E-state index contributed by atoms with van der Waals surface area (Å²) >= 11 is 0. The number of amides is 2. The Kier molecular flexibility index (Phi) is 5.92. The molecule has 0 aliphatic carbocycles. The number of benzene rings is 1. The van der Waals surface area contributed by atoms with Gasteiger partial charge in [0.15, 0.2) is 0 Å². The van der Waals surface area contributed by atoms with Gasteiger partial charge in [-0.2, -0.15) is 0 Å². The number of nitrogen functional groups attached to an aromatic ring is 1. The molecule has 0 saturated carbocycles. The molecule has 9 nitrogen and oxygen atoms in total. The predicted molar refractivity (Wildman–Crippen MR) is 118 cm³/mol. The van der Waals surface area contributed by atoms with Crippen LogP contribution in [0.25, 0.3) is 10.9 Å². The van der Waals surface area contributed by atoms with Crippen LogP contribution >= 0.6 is 0 Å². The maximum absolute atomic E-state index is 12.6. The van der Waals surface area contributed by atoms with Gasteiger partial charge in [0.1, 0.15) is 23.7 Å². The summed E-state index contributed by atoms with van der Waals surface area (Å²) in [4.78, 5) is 38.5. The molecule has 1 aromatic carbocycles. The lowest BCUT2D eigenvalue weighted by molar-refractivity contribution is -0.129. The maximum atomic E-state index is 12.6. The standard InChI is InChI=1S/C22H25N7O2/c1-14(30)29-8-6-17(7-9-29)27-21-11-19(25-13-26-21)22(31)24-12-15-2-3-16-4-5-20(23)28-18(16)10-15/h2-5,10-11,13,17H,6-9,12H2,1H3,(H2,23,28)(H,24,31)(H,25,26,27). The van der Waals surface area contributed by atoms with Crippen LogP contribution in [-0.4, -0.2) is 50.8 Å². The number of nitrogens with one attached hydrogen (secondary N) is 2. The first-order valence-electron chi connectivity index (χ1n) is 10.3. The van der Waals surface area contributed by atoms with E-state index in [4.69, 9.17) is 5.73 Å². The van der Waals surface area contributed by atoms with Gasteiger partial charge in [-0.1, -0.05) is 12.1 Å². The van der Waals surface area contributed by atoms with Crippen molar-refractivity contribution in [3.63, 3.8) is 0 Å². The Morgan fingerprint density at radius 1 is 1.13 bits per heavy atom. The number of rotatable bonds is 5. The molecule has 0 spiro atoms. The third kappa shape index (κ3) is 5.06. The van der Waals surface area contributed by atoms with E-state index in [0.29, 0.717) is 23.9 Å². The average molecular weight is 419 g/mol. The number of carbonyl (C=O) groups excluding carboxylic acids is 2. The van der Waals surface area contributed by atoms with Crippen LogP contribution in [0.1, 0.15) is 35.8 Å². The molecule has 1 fully saturated rings. The summed E-state index contributed by atoms with van der Waals surface area (Å²) in [5.41, 5.74) is 7.76. The minimum atomic E-state index is -0.280. The smallest absolute Gasteiger partial charge is 0.270 e. The molecule has 3 heterocycles. The van der Waals surface area contributed by atoms with Crippen molar-refractivity contribution in [2.45, 2.75) is 32.4 Å². The normalized spacial score (nSPS) is 14.4. The molecule has 3 aromatic rings. The monoisotopic (exact) mass is 419 g/mol. The maximum Gasteiger partial charge on any atom is 0.270 e. The lowest BCUT2D eigenvalue weighted by atomic mass is 10.1. The number of pyridine rings is 1. The molecule has 0 atom stereocenters. The highest BCUT2D eigenvalue weighted by molar-refractivity contribution is 5.92. The van der Waals surface area contributed by atoms with E-state index >= 15 is 0 Å². The van der Waals surface area contributed by atoms with E-state index in [1.54, 1.807) is 19.1 Å². The summed E-state index contributed by atoms with van der Waals surface area (Å²) in [6.45, 7) is 3.38. The topological polar surface area (TPSA) is 126 Å². The summed E-state index contributed by atoms with van der Waals surface area (Å²) in [6.07, 6.45) is 3.06. The van der Waals surface area contributed by atoms with E-state index in [0.717, 1.165) is 42.4 Å². The Morgan fingerprint density at radius 2 is 1.90 bits per heavy atom. The van der Waals surface area contributed by atoms with Gasteiger partial charge >= 0.3 is 0 Å². The number of piperidine rings is 1. The zero-order chi connectivity index (χ0) is 21.8. The number of likely N-dealkylation sites (tertiary alicyclic amines) is 1. The minimum Gasteiger partial charge on any atom is -0.384 e. The number of aromatic nitrogens is 3. The van der Waals surface area contributed by atoms with E-state index in [1.165, 1.54) is 6.33 Å². The van der Waals surface area contributed by atoms with Gasteiger partial charge in [-0.05, 0) is 36.6 Å². The zero-order valence-corrected chi connectivity index (χ0v) is 17.3. The molecule has 31 heavy (non-hydrogen) atoms. The second kappa shape index (κ2) is 8.95. The van der Waals surface area contributed by atoms with Crippen molar-refractivity contribution < 1.29 is 9.59 Å². The van der Waals surface area contributed by atoms with Crippen LogP contribution in [0.2, 0.25) is 0 Å². The molecular weight excluding hydrogens is 394 g/mol. The predicted octanol–water partition coefficient (Wildman–Crippen LogP) is 1.96. The minimum absolute atomic E-state index is 0.102. The number of anilines is 2. The molecule has 1 aliphatic rings. The molecule has 0 radical (unpaired) electrons. The van der Waals surface area contributed by atoms with Gasteiger partial charge in [0.05, 0.1) is 5.52 Å². The summed E-state index contributed by atoms with van der Waals surface area (Å²) < 4.78 is 0. The highest BCUT2D eigenvalue weighted by Gasteiger charge is 2.21. The SMILES string of the molecule is CC(=O)N1CCC(Nc2cc(C(=O)NCc3ccc4ccc(N)nc4c3)ncn2)CC1. The lowest BCUT2D eigenvalue weighted by Crippen LogP contribution is -2.41. The van der Waals surface area contributed by atoms with E-state index in [2.05, 4.69) is 25.6 Å². The Hall–Kier alpha value is -3.75. The number of carbonyl (C=O) groups is 2. The molecule has 1 aliphatic heterocycles. The quantitative estimate of drug-likeness (QED) is 0.577. The molecule has 160 valence electrons. The number of nitrogens with two attached hydrogens (primary N) is 1. The number of hydrogen-bond donors (Lipinski definition) is 3. The van der Waals surface area contributed by atoms with E-state index in [9.17, 15) is 9.59 Å². The van der Waals surface area contributed by atoms with Crippen molar-refractivity contribution in [2.24, 2.45) is 0 Å². The van der Waals surface area contributed by atoms with Crippen LogP contribution in [0, 0.1) is 0 Å². The molecule has 2 amide bonds. The first-order chi connectivity index (χ1) is 15.0. The number of hydrogen-bond acceptors (Lipinski definition) is 7. The van der Waals surface area contributed by atoms with E-state index < -0.39 is 0 Å². The van der Waals surface area contributed by atoms with Gasteiger partial charge in [-0.25, -0.2) is 15.0 Å². The molecule has 1 saturated heterocycles. The Bertz CT molecular complexity index is 1110. The molecular formula is C22H25N7O2. The largest absolute Gasteiger partial charge is 0.384 e. The highest BCUT2D eigenvalue weighted by Crippen LogP contribution is 2.17. The first-order valence-corrected chi connectivity index (χ1v) is 10.3. The summed E-state index contributed by atoms with van der Waals surface area (Å²) in [5, 5.41) is 7.22. The van der Waals surface area contributed by atoms with Crippen molar-refractivity contribution in [1.29, 1.82) is 0 Å². The average Bonchev–Trinajstić information content (AvgIpc) is 2.77. The van der Waals surface area contributed by atoms with Crippen molar-refractivity contribution in [3.05, 3.63) is 54.0 Å². The van der Waals surface area contributed by atoms with Crippen molar-refractivity contribution in [3.8, 4) is 0 Å². The summed E-state index contributed by atoms with van der Waals surface area (Å²) in [5.74, 6) is 0.885. The van der Waals surface area contributed by atoms with Crippen molar-refractivity contribution >= 4 is 34.4 Å². The number of fused-ring (bicyclic) bond motifs is 1. The van der Waals surface area contributed by atoms with Gasteiger partial charge in [0.2, 0.25) is 5.91 Å². The van der Waals surface area contributed by atoms with Crippen molar-refractivity contribution in [1.82, 2.24) is 25.2 Å². The second-order valence-electron chi connectivity index (χ2n) is 7.66. The molecule has 9 heteroatoms. The summed E-state index contributed by atoms with van der Waals surface area (Å²) in [7, 11) is 0. The van der Waals surface area contributed by atoms with Crippen LogP contribution in [0.5, 0.6) is 0 Å². The van der Waals surface area contributed by atoms with E-state index in [-0.39, 0.29) is 17.9 Å². The fraction of sp³-hybridized carbons (Fsp3) is 0.318. The van der Waals surface area contributed by atoms with Crippen molar-refractivity contribution in [2.75, 3.05) is 24.1 Å². The Morgan fingerprint density at radius 3 is 2.68 bits per heavy atom. The van der Waals surface area contributed by atoms with Gasteiger partial charge in [0.25, 0.3) is 5.91 Å². The third-order valence-corrected chi connectivity index (χ3v) is 5.42. The molecule has 0 unspecified atom stereocenters. The van der Waals surface area contributed by atoms with Crippen LogP contribution in [0.3, 0.4) is 0 Å². The molecule has 2 aromatic heterocycles. The van der Waals surface area contributed by atoms with E-state index in [1.807, 2.05) is 29.2 Å². The van der Waals surface area contributed by atoms with Gasteiger partial charge < -0.3 is 21.3 Å². The van der Waals surface area contributed by atoms with Gasteiger partial charge in [0, 0.05) is 44.1 Å². The highest BCUT2D eigenvalue weighted by atomic mass is 16.2. The summed E-state index contributed by atoms with van der Waals surface area (Å²) in [6, 6.07) is 11.3. The molecule has 0 bridgehead atoms. The third-order valence-electron chi connectivity index (χ3n) is 5.42. The van der Waals surface area contributed by atoms with Crippen LogP contribution in [0.4, 0.5) is 11.6 Å². The Labute approximate surface area is 180 Å². The second-order valence-corrected chi connectivity index (χ2v) is 7.66. The van der Waals surface area contributed by atoms with Crippen LogP contribution < -0.4 is 16.4 Å². The fourth-order valence-electron chi connectivity index (χ4n) is 3.67. The lowest BCUT2D eigenvalue weighted by Gasteiger charge is -2.31. The first kappa shape index (κ1) is 20.5. The zero-order valence-electron chi connectivity index (χ0n) is 17.3. The van der Waals surface area contributed by atoms with Crippen LogP contribution in [-0.2, 0) is 11.3 Å². The van der Waals surface area contributed by atoms with Gasteiger partial charge in [-0.3, -0.25) is 9.59 Å². The fourth-order valence-corrected chi connectivity index (χ4v) is 3.67.